The maximum atomic E-state index is 12.0. The van der Waals surface area contributed by atoms with Gasteiger partial charge in [0.25, 0.3) is 0 Å². The van der Waals surface area contributed by atoms with Crippen LogP contribution in [0.2, 0.25) is 0 Å². The van der Waals surface area contributed by atoms with E-state index >= 15 is 0 Å². The van der Waals surface area contributed by atoms with Crippen LogP contribution in [-0.4, -0.2) is 20.5 Å². The lowest BCUT2D eigenvalue weighted by atomic mass is 10.1. The predicted octanol–water partition coefficient (Wildman–Crippen LogP) is 3.23. The van der Waals surface area contributed by atoms with Crippen LogP contribution < -0.4 is 9.50 Å². The molecule has 0 bridgehead atoms. The number of hydrogen-bond acceptors (Lipinski definition) is 5. The van der Waals surface area contributed by atoms with Crippen molar-refractivity contribution >= 4 is 21.6 Å². The van der Waals surface area contributed by atoms with Gasteiger partial charge in [0.05, 0.1) is 6.26 Å². The Morgan fingerprint density at radius 3 is 2.43 bits per heavy atom. The summed E-state index contributed by atoms with van der Waals surface area (Å²) in [7, 11) is -3.61. The molecule has 5 nitrogen and oxygen atoms in total. The van der Waals surface area contributed by atoms with E-state index in [1.54, 1.807) is 13.0 Å². The van der Waals surface area contributed by atoms with E-state index in [2.05, 4.69) is 5.32 Å². The van der Waals surface area contributed by atoms with Gasteiger partial charge < -0.3 is 9.50 Å². The molecule has 0 heterocycles. The molecule has 0 unspecified atom stereocenters. The van der Waals surface area contributed by atoms with Crippen molar-refractivity contribution < 1.29 is 17.4 Å². The third-order valence-corrected chi connectivity index (χ3v) is 3.68. The van der Waals surface area contributed by atoms with E-state index in [0.29, 0.717) is 24.2 Å². The molecular weight excluding hydrogens is 314 g/mol. The first-order valence-electron chi connectivity index (χ1n) is 7.23. The van der Waals surface area contributed by atoms with Gasteiger partial charge in [0.1, 0.15) is 5.75 Å². The molecule has 0 saturated carbocycles. The summed E-state index contributed by atoms with van der Waals surface area (Å²) in [4.78, 5) is 12.0. The highest BCUT2D eigenvalue weighted by Gasteiger charge is 2.13. The summed E-state index contributed by atoms with van der Waals surface area (Å²) in [6.07, 6.45) is 1.35. The van der Waals surface area contributed by atoms with Gasteiger partial charge >= 0.3 is 10.1 Å². The maximum Gasteiger partial charge on any atom is 0.306 e. The number of benzene rings is 2. The average Bonchev–Trinajstić information content (AvgIpc) is 2.52. The molecule has 0 aliphatic carbocycles. The Hall–Kier alpha value is -2.34. The molecule has 0 aliphatic rings. The summed E-state index contributed by atoms with van der Waals surface area (Å²) >= 11 is 0. The molecular formula is C17H19NO4S. The van der Waals surface area contributed by atoms with Crippen LogP contribution in [0.4, 0.5) is 5.69 Å². The molecule has 2 aromatic rings. The quantitative estimate of drug-likeness (QED) is 0.622. The van der Waals surface area contributed by atoms with Crippen molar-refractivity contribution in [2.24, 2.45) is 0 Å². The van der Waals surface area contributed by atoms with Crippen molar-refractivity contribution in [1.29, 1.82) is 0 Å². The number of anilines is 1. The van der Waals surface area contributed by atoms with Crippen LogP contribution in [0.15, 0.2) is 48.5 Å². The van der Waals surface area contributed by atoms with Crippen molar-refractivity contribution in [1.82, 2.24) is 0 Å². The van der Waals surface area contributed by atoms with Crippen LogP contribution in [0.3, 0.4) is 0 Å². The first-order valence-corrected chi connectivity index (χ1v) is 9.05. The lowest BCUT2D eigenvalue weighted by Crippen LogP contribution is -2.09. The number of carbonyl (C=O) groups is 1. The Morgan fingerprint density at radius 2 is 1.83 bits per heavy atom. The van der Waals surface area contributed by atoms with Crippen LogP contribution in [0.25, 0.3) is 0 Å². The highest BCUT2D eigenvalue weighted by molar-refractivity contribution is 7.86. The molecule has 1 N–H and O–H groups in total. The van der Waals surface area contributed by atoms with Gasteiger partial charge in [0.2, 0.25) is 0 Å². The van der Waals surface area contributed by atoms with Gasteiger partial charge in [0.15, 0.2) is 5.78 Å². The predicted molar refractivity (Wildman–Crippen MR) is 90.3 cm³/mol. The van der Waals surface area contributed by atoms with Crippen molar-refractivity contribution in [3.63, 3.8) is 0 Å². The molecule has 0 aromatic heterocycles. The highest BCUT2D eigenvalue weighted by Crippen LogP contribution is 2.25. The third kappa shape index (κ3) is 5.10. The Kier molecular flexibility index (Phi) is 5.39. The summed E-state index contributed by atoms with van der Waals surface area (Å²) in [6, 6.07) is 14.3. The third-order valence-electron chi connectivity index (χ3n) is 3.19. The van der Waals surface area contributed by atoms with Crippen molar-refractivity contribution in [3.8, 4) is 5.75 Å². The number of hydrogen-bond donors (Lipinski definition) is 1. The second-order valence-electron chi connectivity index (χ2n) is 5.11. The molecule has 122 valence electrons. The number of rotatable bonds is 7. The molecule has 0 radical (unpaired) electrons. The minimum absolute atomic E-state index is 0.0218. The van der Waals surface area contributed by atoms with E-state index in [4.69, 9.17) is 4.18 Å². The zero-order valence-electron chi connectivity index (χ0n) is 13.1. The summed E-state index contributed by atoms with van der Waals surface area (Å²) in [6.45, 7) is 2.30. The van der Waals surface area contributed by atoms with Gasteiger partial charge in [-0.05, 0) is 17.7 Å². The molecule has 2 rings (SSSR count). The monoisotopic (exact) mass is 333 g/mol. The Labute approximate surface area is 136 Å². The summed E-state index contributed by atoms with van der Waals surface area (Å²) in [5.41, 5.74) is 2.13. The van der Waals surface area contributed by atoms with Gasteiger partial charge in [-0.15, -0.1) is 0 Å². The minimum Gasteiger partial charge on any atom is -0.383 e. The zero-order chi connectivity index (χ0) is 16.9. The summed E-state index contributed by atoms with van der Waals surface area (Å²) in [5.74, 6) is 0.155. The standard InChI is InChI=1S/C17H19NO4S/c1-3-17(19)15-10-9-14(22-23(2,20)21)11-16(15)18-12-13-7-5-4-6-8-13/h4-11,18H,3,12H2,1-2H3. The van der Waals surface area contributed by atoms with Crippen LogP contribution in [-0.2, 0) is 16.7 Å². The molecule has 6 heteroatoms. The van der Waals surface area contributed by atoms with Gasteiger partial charge in [-0.25, -0.2) is 0 Å². The van der Waals surface area contributed by atoms with Crippen LogP contribution in [0.1, 0.15) is 29.3 Å². The van der Waals surface area contributed by atoms with E-state index in [1.165, 1.54) is 12.1 Å². The zero-order valence-corrected chi connectivity index (χ0v) is 13.9. The molecule has 0 amide bonds. The topological polar surface area (TPSA) is 72.5 Å². The van der Waals surface area contributed by atoms with Gasteiger partial charge in [-0.1, -0.05) is 37.3 Å². The average molecular weight is 333 g/mol. The van der Waals surface area contributed by atoms with E-state index in [1.807, 2.05) is 30.3 Å². The lowest BCUT2D eigenvalue weighted by molar-refractivity contribution is 0.0989. The minimum atomic E-state index is -3.61. The van der Waals surface area contributed by atoms with Gasteiger partial charge in [-0.3, -0.25) is 4.79 Å². The van der Waals surface area contributed by atoms with E-state index in [9.17, 15) is 13.2 Å². The van der Waals surface area contributed by atoms with Crippen molar-refractivity contribution in [3.05, 3.63) is 59.7 Å². The largest absolute Gasteiger partial charge is 0.383 e. The molecule has 2 aromatic carbocycles. The first-order chi connectivity index (χ1) is 10.9. The normalized spacial score (nSPS) is 11.0. The smallest absolute Gasteiger partial charge is 0.306 e. The first kappa shape index (κ1) is 17.0. The van der Waals surface area contributed by atoms with Crippen LogP contribution in [0, 0.1) is 0 Å². The molecule has 0 saturated heterocycles. The number of nitrogens with one attached hydrogen (secondary N) is 1. The fourth-order valence-corrected chi connectivity index (χ4v) is 2.58. The molecule has 0 aliphatic heterocycles. The number of carbonyl (C=O) groups excluding carboxylic acids is 1. The second kappa shape index (κ2) is 7.28. The second-order valence-corrected chi connectivity index (χ2v) is 6.69. The van der Waals surface area contributed by atoms with E-state index in [-0.39, 0.29) is 11.5 Å². The van der Waals surface area contributed by atoms with E-state index in [0.717, 1.165) is 11.8 Å². The maximum absolute atomic E-state index is 12.0. The Balaban J connectivity index is 2.28. The summed E-state index contributed by atoms with van der Waals surface area (Å²) in [5, 5.41) is 3.18. The van der Waals surface area contributed by atoms with Gasteiger partial charge in [0, 0.05) is 30.3 Å². The highest BCUT2D eigenvalue weighted by atomic mass is 32.2. The SMILES string of the molecule is CCC(=O)c1ccc(OS(C)(=O)=O)cc1NCc1ccccc1. The van der Waals surface area contributed by atoms with Crippen molar-refractivity contribution in [2.75, 3.05) is 11.6 Å². The molecule has 23 heavy (non-hydrogen) atoms. The van der Waals surface area contributed by atoms with E-state index < -0.39 is 10.1 Å². The Bertz CT molecular complexity index is 785. The van der Waals surface area contributed by atoms with Crippen LogP contribution >= 0.6 is 0 Å². The molecule has 0 atom stereocenters. The number of ketones is 1. The molecule has 0 spiro atoms. The number of Topliss-reactive ketones (excluding diaryl/α,β-unsaturated/α-hetero) is 1. The fraction of sp³-hybridized carbons (Fsp3) is 0.235. The van der Waals surface area contributed by atoms with Crippen LogP contribution in [0.5, 0.6) is 5.75 Å². The fourth-order valence-electron chi connectivity index (χ4n) is 2.12. The Morgan fingerprint density at radius 1 is 1.13 bits per heavy atom. The van der Waals surface area contributed by atoms with Crippen molar-refractivity contribution in [2.45, 2.75) is 19.9 Å². The lowest BCUT2D eigenvalue weighted by Gasteiger charge is -2.13. The molecule has 0 fully saturated rings. The van der Waals surface area contributed by atoms with Gasteiger partial charge in [-0.2, -0.15) is 8.42 Å². The summed E-state index contributed by atoms with van der Waals surface area (Å²) < 4.78 is 27.4.